The number of amides is 2. The first-order valence-electron chi connectivity index (χ1n) is 9.76. The average Bonchev–Trinajstić information content (AvgIpc) is 3.29. The summed E-state index contributed by atoms with van der Waals surface area (Å²) in [4.78, 5) is 36.3. The van der Waals surface area contributed by atoms with Gasteiger partial charge in [0.15, 0.2) is 11.2 Å². The van der Waals surface area contributed by atoms with Crippen LogP contribution in [0.5, 0.6) is 0 Å². The first-order chi connectivity index (χ1) is 14.0. The fourth-order valence-corrected chi connectivity index (χ4v) is 3.71. The molecule has 0 spiro atoms. The van der Waals surface area contributed by atoms with Gasteiger partial charge in [-0.3, -0.25) is 19.5 Å². The van der Waals surface area contributed by atoms with E-state index in [1.165, 1.54) is 6.07 Å². The smallest absolute Gasteiger partial charge is 0.229 e. The van der Waals surface area contributed by atoms with Crippen molar-refractivity contribution in [3.05, 3.63) is 57.6 Å². The molecule has 0 radical (unpaired) electrons. The Morgan fingerprint density at radius 1 is 1.17 bits per heavy atom. The molecule has 1 aromatic carbocycles. The van der Waals surface area contributed by atoms with E-state index in [4.69, 9.17) is 4.42 Å². The molecular formula is C21H20N4O4. The van der Waals surface area contributed by atoms with Crippen molar-refractivity contribution >= 4 is 28.6 Å². The molecule has 148 valence electrons. The van der Waals surface area contributed by atoms with Gasteiger partial charge in [0.2, 0.25) is 11.8 Å². The summed E-state index contributed by atoms with van der Waals surface area (Å²) in [5.41, 5.74) is 2.02. The Labute approximate surface area is 165 Å². The molecule has 3 aromatic rings. The number of rotatable bonds is 5. The molecule has 8 nitrogen and oxygen atoms in total. The molecule has 1 unspecified atom stereocenters. The zero-order valence-corrected chi connectivity index (χ0v) is 15.7. The Kier molecular flexibility index (Phi) is 4.19. The summed E-state index contributed by atoms with van der Waals surface area (Å²) < 4.78 is 5.83. The largest absolute Gasteiger partial charge is 0.459 e. The monoisotopic (exact) mass is 392 g/mol. The first kappa shape index (κ1) is 17.7. The highest BCUT2D eigenvalue weighted by molar-refractivity contribution is 5.92. The maximum Gasteiger partial charge on any atom is 0.229 e. The molecule has 2 amide bonds. The van der Waals surface area contributed by atoms with Crippen molar-refractivity contribution < 1.29 is 14.0 Å². The van der Waals surface area contributed by atoms with Crippen LogP contribution in [0.25, 0.3) is 11.0 Å². The summed E-state index contributed by atoms with van der Waals surface area (Å²) in [6.45, 7) is 0. The number of benzene rings is 1. The SMILES string of the molecule is O=C(Cc1ccc2oc(C3CCC(=O)N3)cc(=O)c2c1)Nc1cc(C2CC2)[nH]n1. The number of H-pyrrole nitrogens is 1. The summed E-state index contributed by atoms with van der Waals surface area (Å²) in [7, 11) is 0. The zero-order chi connectivity index (χ0) is 20.0. The maximum absolute atomic E-state index is 12.6. The molecule has 2 aliphatic rings. The van der Waals surface area contributed by atoms with Crippen molar-refractivity contribution in [2.45, 2.75) is 44.1 Å². The number of fused-ring (bicyclic) bond motifs is 1. The molecule has 1 saturated carbocycles. The number of hydrogen-bond donors (Lipinski definition) is 3. The highest BCUT2D eigenvalue weighted by atomic mass is 16.3. The standard InChI is InChI=1S/C21H20N4O4/c26-16-10-18(14-4-6-20(27)22-14)29-17-5-1-11(7-13(16)17)8-21(28)23-19-9-15(24-25-19)12-2-3-12/h1,5,7,9-10,12,14H,2-4,6,8H2,(H,22,27)(H2,23,24,25,28). The normalized spacial score (nSPS) is 18.8. The minimum absolute atomic E-state index is 0.0414. The van der Waals surface area contributed by atoms with Gasteiger partial charge in [-0.1, -0.05) is 6.07 Å². The predicted octanol–water partition coefficient (Wildman–Crippen LogP) is 2.53. The average molecular weight is 392 g/mol. The van der Waals surface area contributed by atoms with E-state index in [-0.39, 0.29) is 29.7 Å². The van der Waals surface area contributed by atoms with Crippen LogP contribution in [-0.4, -0.2) is 22.0 Å². The fraction of sp³-hybridized carbons (Fsp3) is 0.333. The van der Waals surface area contributed by atoms with Crippen molar-refractivity contribution in [3.63, 3.8) is 0 Å². The zero-order valence-electron chi connectivity index (χ0n) is 15.7. The van der Waals surface area contributed by atoms with Crippen LogP contribution in [0.2, 0.25) is 0 Å². The van der Waals surface area contributed by atoms with Crippen LogP contribution >= 0.6 is 0 Å². The molecule has 5 rings (SSSR count). The number of carbonyl (C=O) groups is 2. The highest BCUT2D eigenvalue weighted by Gasteiger charge is 2.26. The number of nitrogens with one attached hydrogen (secondary N) is 3. The van der Waals surface area contributed by atoms with Gasteiger partial charge in [0.1, 0.15) is 11.3 Å². The second-order valence-electron chi connectivity index (χ2n) is 7.71. The first-order valence-corrected chi connectivity index (χ1v) is 9.76. The number of anilines is 1. The molecule has 1 saturated heterocycles. The number of nitrogens with zero attached hydrogens (tertiary/aromatic N) is 1. The Morgan fingerprint density at radius 2 is 2.03 bits per heavy atom. The third kappa shape index (κ3) is 3.65. The highest BCUT2D eigenvalue weighted by Crippen LogP contribution is 2.39. The molecule has 29 heavy (non-hydrogen) atoms. The van der Waals surface area contributed by atoms with Gasteiger partial charge in [-0.25, -0.2) is 0 Å². The van der Waals surface area contributed by atoms with Crippen LogP contribution < -0.4 is 16.1 Å². The van der Waals surface area contributed by atoms with Crippen molar-refractivity contribution in [3.8, 4) is 0 Å². The molecule has 0 bridgehead atoms. The van der Waals surface area contributed by atoms with E-state index >= 15 is 0 Å². The summed E-state index contributed by atoms with van der Waals surface area (Å²) >= 11 is 0. The second kappa shape index (κ2) is 6.88. The minimum Gasteiger partial charge on any atom is -0.459 e. The number of aromatic nitrogens is 2. The van der Waals surface area contributed by atoms with E-state index in [0.29, 0.717) is 46.9 Å². The van der Waals surface area contributed by atoms with Gasteiger partial charge in [0.25, 0.3) is 0 Å². The van der Waals surface area contributed by atoms with Gasteiger partial charge in [-0.2, -0.15) is 5.10 Å². The topological polar surface area (TPSA) is 117 Å². The van der Waals surface area contributed by atoms with Gasteiger partial charge in [-0.15, -0.1) is 0 Å². The molecule has 1 aliphatic heterocycles. The predicted molar refractivity (Wildman–Crippen MR) is 105 cm³/mol. The molecule has 3 N–H and O–H groups in total. The Morgan fingerprint density at radius 3 is 2.79 bits per heavy atom. The van der Waals surface area contributed by atoms with E-state index in [2.05, 4.69) is 20.8 Å². The summed E-state index contributed by atoms with van der Waals surface area (Å²) in [5, 5.41) is 13.1. The van der Waals surface area contributed by atoms with Crippen molar-refractivity contribution in [2.75, 3.05) is 5.32 Å². The van der Waals surface area contributed by atoms with E-state index < -0.39 is 0 Å². The lowest BCUT2D eigenvalue weighted by molar-refractivity contribution is -0.119. The lowest BCUT2D eigenvalue weighted by Crippen LogP contribution is -2.19. The van der Waals surface area contributed by atoms with Gasteiger partial charge in [0, 0.05) is 30.2 Å². The van der Waals surface area contributed by atoms with E-state index in [1.807, 2.05) is 6.07 Å². The third-order valence-corrected chi connectivity index (χ3v) is 5.40. The van der Waals surface area contributed by atoms with E-state index in [9.17, 15) is 14.4 Å². The Bertz CT molecular complexity index is 1170. The molecule has 2 aromatic heterocycles. The third-order valence-electron chi connectivity index (χ3n) is 5.40. The number of hydrogen-bond acceptors (Lipinski definition) is 5. The van der Waals surface area contributed by atoms with E-state index in [1.54, 1.807) is 18.2 Å². The van der Waals surface area contributed by atoms with E-state index in [0.717, 1.165) is 18.5 Å². The van der Waals surface area contributed by atoms with Gasteiger partial charge in [-0.05, 0) is 37.0 Å². The van der Waals surface area contributed by atoms with Crippen LogP contribution in [0.1, 0.15) is 54.7 Å². The fourth-order valence-electron chi connectivity index (χ4n) is 3.71. The molecule has 1 atom stereocenters. The molecule has 3 heterocycles. The summed E-state index contributed by atoms with van der Waals surface area (Å²) in [6, 6.07) is 8.16. The summed E-state index contributed by atoms with van der Waals surface area (Å²) in [5.74, 6) is 1.27. The second-order valence-corrected chi connectivity index (χ2v) is 7.71. The van der Waals surface area contributed by atoms with Crippen LogP contribution in [0.3, 0.4) is 0 Å². The summed E-state index contributed by atoms with van der Waals surface area (Å²) in [6.07, 6.45) is 3.48. The lowest BCUT2D eigenvalue weighted by atomic mass is 10.1. The van der Waals surface area contributed by atoms with Crippen molar-refractivity contribution in [1.82, 2.24) is 15.5 Å². The van der Waals surface area contributed by atoms with Crippen molar-refractivity contribution in [2.24, 2.45) is 0 Å². The van der Waals surface area contributed by atoms with Gasteiger partial charge in [0.05, 0.1) is 17.8 Å². The Balaban J connectivity index is 1.32. The Hall–Kier alpha value is -3.42. The van der Waals surface area contributed by atoms with Crippen LogP contribution in [0, 0.1) is 0 Å². The van der Waals surface area contributed by atoms with Crippen LogP contribution in [0.15, 0.2) is 39.5 Å². The van der Waals surface area contributed by atoms with Gasteiger partial charge >= 0.3 is 0 Å². The van der Waals surface area contributed by atoms with Crippen LogP contribution in [0.4, 0.5) is 5.82 Å². The van der Waals surface area contributed by atoms with Crippen LogP contribution in [-0.2, 0) is 16.0 Å². The quantitative estimate of drug-likeness (QED) is 0.617. The van der Waals surface area contributed by atoms with Gasteiger partial charge < -0.3 is 15.1 Å². The molecule has 1 aliphatic carbocycles. The number of aromatic amines is 1. The maximum atomic E-state index is 12.6. The minimum atomic E-state index is -0.264. The number of carbonyl (C=O) groups excluding carboxylic acids is 2. The molecule has 2 fully saturated rings. The van der Waals surface area contributed by atoms with Crippen molar-refractivity contribution in [1.29, 1.82) is 0 Å². The molecular weight excluding hydrogens is 372 g/mol. The lowest BCUT2D eigenvalue weighted by Gasteiger charge is -2.10. The molecule has 8 heteroatoms.